The minimum atomic E-state index is -0.129. The van der Waals surface area contributed by atoms with E-state index in [0.29, 0.717) is 0 Å². The van der Waals surface area contributed by atoms with Crippen LogP contribution in [-0.2, 0) is 5.41 Å². The average molecular weight is 756 g/mol. The van der Waals surface area contributed by atoms with E-state index < -0.39 is 0 Å². The summed E-state index contributed by atoms with van der Waals surface area (Å²) in [5.74, 6) is 0. The molecule has 10 aromatic rings. The number of nitrogens with zero attached hydrogens (tertiary/aromatic N) is 1. The maximum atomic E-state index is 6.61. The van der Waals surface area contributed by atoms with Crippen LogP contribution in [0.2, 0.25) is 0 Å². The summed E-state index contributed by atoms with van der Waals surface area (Å²) in [5, 5.41) is 2.16. The van der Waals surface area contributed by atoms with Crippen LogP contribution in [0.1, 0.15) is 25.0 Å². The SMILES string of the molecule is CC1(C)c2ccccc2-c2c(-c3ccccc3N(c3cccc(-c4ccccc4)c3-c3ccccc3-c3ccccc3)c3cccc4oc5ccccc5c34)cccc21. The third-order valence-electron chi connectivity index (χ3n) is 12.3. The van der Waals surface area contributed by atoms with E-state index in [0.717, 1.165) is 66.8 Å². The highest BCUT2D eigenvalue weighted by molar-refractivity contribution is 6.15. The van der Waals surface area contributed by atoms with Crippen molar-refractivity contribution in [3.05, 3.63) is 223 Å². The normalized spacial score (nSPS) is 12.7. The van der Waals surface area contributed by atoms with Crippen molar-refractivity contribution in [2.24, 2.45) is 0 Å². The van der Waals surface area contributed by atoms with Gasteiger partial charge in [-0.25, -0.2) is 0 Å². The highest BCUT2D eigenvalue weighted by Crippen LogP contribution is 2.56. The highest BCUT2D eigenvalue weighted by Gasteiger charge is 2.37. The first-order valence-electron chi connectivity index (χ1n) is 20.4. The van der Waals surface area contributed by atoms with E-state index in [1.54, 1.807) is 0 Å². The first-order valence-corrected chi connectivity index (χ1v) is 20.4. The lowest BCUT2D eigenvalue weighted by atomic mass is 9.82. The second-order valence-electron chi connectivity index (χ2n) is 16.0. The third kappa shape index (κ3) is 5.56. The summed E-state index contributed by atoms with van der Waals surface area (Å²) in [7, 11) is 0. The van der Waals surface area contributed by atoms with Crippen LogP contribution < -0.4 is 4.90 Å². The van der Waals surface area contributed by atoms with Gasteiger partial charge < -0.3 is 9.32 Å². The van der Waals surface area contributed by atoms with Gasteiger partial charge >= 0.3 is 0 Å². The Morgan fingerprint density at radius 2 is 0.847 bits per heavy atom. The molecule has 59 heavy (non-hydrogen) atoms. The molecule has 0 fully saturated rings. The highest BCUT2D eigenvalue weighted by atomic mass is 16.3. The Kier molecular flexibility index (Phi) is 8.20. The first kappa shape index (κ1) is 34.8. The minimum absolute atomic E-state index is 0.129. The van der Waals surface area contributed by atoms with Crippen LogP contribution in [0.25, 0.3) is 77.6 Å². The van der Waals surface area contributed by atoms with Gasteiger partial charge in [0.2, 0.25) is 0 Å². The monoisotopic (exact) mass is 755 g/mol. The van der Waals surface area contributed by atoms with Crippen molar-refractivity contribution in [1.82, 2.24) is 0 Å². The van der Waals surface area contributed by atoms with Gasteiger partial charge in [-0.3, -0.25) is 0 Å². The fourth-order valence-electron chi connectivity index (χ4n) is 9.65. The molecule has 280 valence electrons. The fourth-order valence-corrected chi connectivity index (χ4v) is 9.65. The Hall–Kier alpha value is -7.42. The van der Waals surface area contributed by atoms with Crippen LogP contribution >= 0.6 is 0 Å². The zero-order valence-corrected chi connectivity index (χ0v) is 33.1. The molecule has 2 nitrogen and oxygen atoms in total. The zero-order chi connectivity index (χ0) is 39.5. The Morgan fingerprint density at radius 1 is 0.339 bits per heavy atom. The van der Waals surface area contributed by atoms with Crippen LogP contribution in [0.4, 0.5) is 17.1 Å². The summed E-state index contributed by atoms with van der Waals surface area (Å²) in [6.07, 6.45) is 0. The van der Waals surface area contributed by atoms with Gasteiger partial charge in [0.05, 0.1) is 22.4 Å². The molecule has 0 spiro atoms. The smallest absolute Gasteiger partial charge is 0.137 e. The van der Waals surface area contributed by atoms with Crippen molar-refractivity contribution < 1.29 is 4.42 Å². The van der Waals surface area contributed by atoms with Crippen molar-refractivity contribution in [2.75, 3.05) is 4.90 Å². The Balaban J connectivity index is 1.27. The molecule has 0 N–H and O–H groups in total. The van der Waals surface area contributed by atoms with Gasteiger partial charge in [0.25, 0.3) is 0 Å². The summed E-state index contributed by atoms with van der Waals surface area (Å²) < 4.78 is 6.61. The second-order valence-corrected chi connectivity index (χ2v) is 16.0. The standard InChI is InChI=1S/C57H41NO/c1-57(2)47-31-14-11-27-45(47)54-44(30-17-32-48(54)57)42-25-12-15-33-49(42)58(51-35-19-37-53-56(51)46-28-13-16-36-52(46)59-53)50-34-18-29-41(39-22-7-4-8-23-39)55(50)43-26-10-9-24-40(43)38-20-5-3-6-21-38/h3-37H,1-2H3. The molecule has 0 saturated carbocycles. The Labute approximate surface area is 345 Å². The van der Waals surface area contributed by atoms with Crippen molar-refractivity contribution in [1.29, 1.82) is 0 Å². The summed E-state index contributed by atoms with van der Waals surface area (Å²) in [5.41, 5.74) is 19.5. The second kappa shape index (κ2) is 13.9. The molecule has 0 saturated heterocycles. The minimum Gasteiger partial charge on any atom is -0.456 e. The summed E-state index contributed by atoms with van der Waals surface area (Å²) in [6.45, 7) is 4.71. The molecular formula is C57H41NO. The lowest BCUT2D eigenvalue weighted by Crippen LogP contribution is -2.15. The first-order chi connectivity index (χ1) is 29.1. The molecule has 1 aromatic heterocycles. The van der Waals surface area contributed by atoms with Crippen molar-refractivity contribution in [3.63, 3.8) is 0 Å². The van der Waals surface area contributed by atoms with Crippen LogP contribution in [0.5, 0.6) is 0 Å². The Morgan fingerprint density at radius 3 is 1.64 bits per heavy atom. The third-order valence-corrected chi connectivity index (χ3v) is 12.3. The molecule has 0 amide bonds. The number of hydrogen-bond donors (Lipinski definition) is 0. The van der Waals surface area contributed by atoms with E-state index in [-0.39, 0.29) is 5.41 Å². The van der Waals surface area contributed by atoms with E-state index in [2.05, 4.69) is 231 Å². The van der Waals surface area contributed by atoms with Gasteiger partial charge in [-0.05, 0) is 86.0 Å². The summed E-state index contributed by atoms with van der Waals surface area (Å²) in [6, 6.07) is 76.9. The number of furan rings is 1. The van der Waals surface area contributed by atoms with Gasteiger partial charge in [-0.2, -0.15) is 0 Å². The molecule has 1 aliphatic carbocycles. The fraction of sp³-hybridized carbons (Fsp3) is 0.0526. The lowest BCUT2D eigenvalue weighted by molar-refractivity contribution is 0.660. The summed E-state index contributed by atoms with van der Waals surface area (Å²) >= 11 is 0. The number of anilines is 3. The predicted molar refractivity (Wildman–Crippen MR) is 248 cm³/mol. The van der Waals surface area contributed by atoms with Crippen molar-refractivity contribution in [2.45, 2.75) is 19.3 Å². The molecule has 2 heteroatoms. The number of hydrogen-bond acceptors (Lipinski definition) is 2. The van der Waals surface area contributed by atoms with Gasteiger partial charge in [-0.1, -0.05) is 196 Å². The number of benzene rings is 9. The number of para-hydroxylation sites is 2. The van der Waals surface area contributed by atoms with E-state index in [1.165, 1.54) is 38.9 Å². The molecule has 0 radical (unpaired) electrons. The van der Waals surface area contributed by atoms with Crippen LogP contribution in [0, 0.1) is 0 Å². The van der Waals surface area contributed by atoms with E-state index in [9.17, 15) is 0 Å². The number of rotatable bonds is 7. The molecule has 11 rings (SSSR count). The molecule has 0 unspecified atom stereocenters. The Bertz CT molecular complexity index is 3190. The van der Waals surface area contributed by atoms with Gasteiger partial charge in [0.15, 0.2) is 0 Å². The van der Waals surface area contributed by atoms with Crippen molar-refractivity contribution >= 4 is 39.0 Å². The number of fused-ring (bicyclic) bond motifs is 6. The molecule has 0 atom stereocenters. The van der Waals surface area contributed by atoms with Crippen LogP contribution in [0.15, 0.2) is 217 Å². The molecule has 1 heterocycles. The maximum absolute atomic E-state index is 6.61. The van der Waals surface area contributed by atoms with Gasteiger partial charge in [0, 0.05) is 21.9 Å². The average Bonchev–Trinajstić information content (AvgIpc) is 3.80. The van der Waals surface area contributed by atoms with E-state index in [4.69, 9.17) is 4.42 Å². The topological polar surface area (TPSA) is 16.4 Å². The van der Waals surface area contributed by atoms with Gasteiger partial charge in [-0.15, -0.1) is 0 Å². The molecule has 0 bridgehead atoms. The zero-order valence-electron chi connectivity index (χ0n) is 33.1. The van der Waals surface area contributed by atoms with Gasteiger partial charge in [0.1, 0.15) is 11.2 Å². The lowest BCUT2D eigenvalue weighted by Gasteiger charge is -2.32. The molecule has 9 aromatic carbocycles. The van der Waals surface area contributed by atoms with E-state index in [1.807, 2.05) is 0 Å². The predicted octanol–water partition coefficient (Wildman–Crippen LogP) is 16.0. The largest absolute Gasteiger partial charge is 0.456 e. The summed E-state index contributed by atoms with van der Waals surface area (Å²) in [4.78, 5) is 2.51. The van der Waals surface area contributed by atoms with E-state index >= 15 is 0 Å². The maximum Gasteiger partial charge on any atom is 0.137 e. The molecular weight excluding hydrogens is 715 g/mol. The van der Waals surface area contributed by atoms with Crippen molar-refractivity contribution in [3.8, 4) is 55.6 Å². The molecule has 0 aliphatic heterocycles. The van der Waals surface area contributed by atoms with Crippen LogP contribution in [0.3, 0.4) is 0 Å². The molecule has 1 aliphatic rings. The van der Waals surface area contributed by atoms with Crippen LogP contribution in [-0.4, -0.2) is 0 Å². The quantitative estimate of drug-likeness (QED) is 0.161.